The molecule has 30 heavy (non-hydrogen) atoms. The Bertz CT molecular complexity index is 1140. The van der Waals surface area contributed by atoms with Gasteiger partial charge in [-0.2, -0.15) is 5.10 Å². The first-order valence-corrected chi connectivity index (χ1v) is 8.95. The Hall–Kier alpha value is -4.08. The molecule has 152 valence electrons. The summed E-state index contributed by atoms with van der Waals surface area (Å²) in [5.74, 6) is -3.56. The summed E-state index contributed by atoms with van der Waals surface area (Å²) in [6.07, 6.45) is 0. The van der Waals surface area contributed by atoms with E-state index in [-0.39, 0.29) is 17.0 Å². The number of methoxy groups -OCH3 is 1. The first-order chi connectivity index (χ1) is 14.3. The molecule has 10 nitrogen and oxygen atoms in total. The number of carbonyl (C=O) groups excluding carboxylic acids is 3. The maximum Gasteiger partial charge on any atom is 0.355 e. The number of amides is 2. The minimum atomic E-state index is -1.80. The van der Waals surface area contributed by atoms with E-state index >= 15 is 0 Å². The van der Waals surface area contributed by atoms with Crippen molar-refractivity contribution in [3.63, 3.8) is 0 Å². The van der Waals surface area contributed by atoms with Crippen molar-refractivity contribution in [1.29, 1.82) is 0 Å². The highest BCUT2D eigenvalue weighted by Crippen LogP contribution is 2.46. The summed E-state index contributed by atoms with van der Waals surface area (Å²) in [5, 5.41) is 15.2. The highest BCUT2D eigenvalue weighted by molar-refractivity contribution is 6.47. The van der Waals surface area contributed by atoms with E-state index in [1.165, 1.54) is 24.3 Å². The molecule has 2 aromatic rings. The van der Waals surface area contributed by atoms with Crippen LogP contribution in [0.4, 0.5) is 11.4 Å². The zero-order valence-corrected chi connectivity index (χ0v) is 16.0. The molecule has 0 radical (unpaired) electrons. The van der Waals surface area contributed by atoms with E-state index in [2.05, 4.69) is 10.5 Å². The summed E-state index contributed by atoms with van der Waals surface area (Å²) in [7, 11) is 1.14. The predicted octanol–water partition coefficient (Wildman–Crippen LogP) is 1.42. The van der Waals surface area contributed by atoms with Gasteiger partial charge in [0, 0.05) is 12.1 Å². The molecule has 0 saturated carbocycles. The molecule has 0 bridgehead atoms. The fraction of sp³-hybridized carbons (Fsp3) is 0.200. The number of para-hydroxylation sites is 1. The van der Waals surface area contributed by atoms with Gasteiger partial charge in [0.05, 0.1) is 17.7 Å². The number of ether oxygens (including phenoxy) is 1. The molecule has 2 aliphatic rings. The molecule has 2 atom stereocenters. The molecule has 0 aromatic heterocycles. The quantitative estimate of drug-likeness (QED) is 0.350. The van der Waals surface area contributed by atoms with Crippen molar-refractivity contribution in [2.75, 3.05) is 12.0 Å². The molecule has 2 aromatic carbocycles. The monoisotopic (exact) mass is 408 g/mol. The average Bonchev–Trinajstić information content (AvgIpc) is 3.24. The lowest BCUT2D eigenvalue weighted by Crippen LogP contribution is -2.48. The zero-order chi connectivity index (χ0) is 21.6. The number of hydrazone groups is 1. The number of anilines is 1. The lowest BCUT2D eigenvalue weighted by Gasteiger charge is -2.26. The summed E-state index contributed by atoms with van der Waals surface area (Å²) in [6, 6.07) is 12.2. The van der Waals surface area contributed by atoms with E-state index < -0.39 is 34.2 Å². The van der Waals surface area contributed by atoms with Crippen LogP contribution in [0, 0.1) is 23.0 Å². The van der Waals surface area contributed by atoms with Gasteiger partial charge in [0.15, 0.2) is 11.3 Å². The van der Waals surface area contributed by atoms with Crippen molar-refractivity contribution in [1.82, 2.24) is 5.43 Å². The number of nitro benzene ring substituents is 1. The van der Waals surface area contributed by atoms with Crippen molar-refractivity contribution >= 4 is 34.9 Å². The van der Waals surface area contributed by atoms with Gasteiger partial charge >= 0.3 is 5.97 Å². The molecule has 2 heterocycles. The van der Waals surface area contributed by atoms with Crippen LogP contribution in [0.15, 0.2) is 53.6 Å². The lowest BCUT2D eigenvalue weighted by molar-refractivity contribution is -0.385. The van der Waals surface area contributed by atoms with Crippen LogP contribution in [0.25, 0.3) is 0 Å². The third-order valence-electron chi connectivity index (χ3n) is 5.33. The maximum atomic E-state index is 13.7. The van der Waals surface area contributed by atoms with Gasteiger partial charge in [0.1, 0.15) is 5.92 Å². The maximum absolute atomic E-state index is 13.7. The number of carbonyl (C=O) groups is 3. The van der Waals surface area contributed by atoms with Crippen LogP contribution in [0.3, 0.4) is 0 Å². The molecule has 1 saturated heterocycles. The normalized spacial score (nSPS) is 22.4. The Morgan fingerprint density at radius 3 is 2.63 bits per heavy atom. The first-order valence-electron chi connectivity index (χ1n) is 8.95. The van der Waals surface area contributed by atoms with Crippen LogP contribution in [0.1, 0.15) is 11.1 Å². The lowest BCUT2D eigenvalue weighted by atomic mass is 9.78. The number of nitrogens with one attached hydrogen (secondary N) is 1. The van der Waals surface area contributed by atoms with Gasteiger partial charge in [-0.3, -0.25) is 25.1 Å². The van der Waals surface area contributed by atoms with Gasteiger partial charge in [-0.05, 0) is 24.1 Å². The van der Waals surface area contributed by atoms with E-state index in [1.807, 2.05) is 0 Å². The van der Waals surface area contributed by atoms with Crippen molar-refractivity contribution < 1.29 is 24.0 Å². The van der Waals surface area contributed by atoms with E-state index in [1.54, 1.807) is 31.2 Å². The number of esters is 1. The smallest absolute Gasteiger partial charge is 0.355 e. The minimum absolute atomic E-state index is 0.152. The van der Waals surface area contributed by atoms with Crippen LogP contribution in [0.5, 0.6) is 0 Å². The molecule has 2 aliphatic heterocycles. The van der Waals surface area contributed by atoms with Gasteiger partial charge in [-0.25, -0.2) is 9.69 Å². The number of hydrogen-bond acceptors (Lipinski definition) is 8. The second-order valence-corrected chi connectivity index (χ2v) is 6.91. The summed E-state index contributed by atoms with van der Waals surface area (Å²) in [5.41, 5.74) is 1.49. The van der Waals surface area contributed by atoms with E-state index in [0.717, 1.165) is 12.0 Å². The van der Waals surface area contributed by atoms with Gasteiger partial charge in [0.2, 0.25) is 5.91 Å². The number of hydrogen-bond donors (Lipinski definition) is 1. The summed E-state index contributed by atoms with van der Waals surface area (Å²) >= 11 is 0. The minimum Gasteiger partial charge on any atom is -0.464 e. The molecular formula is C20H16N4O6. The van der Waals surface area contributed by atoms with E-state index in [4.69, 9.17) is 4.74 Å². The van der Waals surface area contributed by atoms with Crippen molar-refractivity contribution in [3.05, 3.63) is 69.8 Å². The number of rotatable bonds is 4. The summed E-state index contributed by atoms with van der Waals surface area (Å²) < 4.78 is 4.73. The highest BCUT2D eigenvalue weighted by Gasteiger charge is 2.67. The number of nitro groups is 1. The highest BCUT2D eigenvalue weighted by atomic mass is 16.6. The topological polar surface area (TPSA) is 131 Å². The van der Waals surface area contributed by atoms with Gasteiger partial charge in [0.25, 0.3) is 11.6 Å². The van der Waals surface area contributed by atoms with Gasteiger partial charge in [-0.1, -0.05) is 30.3 Å². The second-order valence-electron chi connectivity index (χ2n) is 6.91. The summed E-state index contributed by atoms with van der Waals surface area (Å²) in [6.45, 7) is 1.74. The van der Waals surface area contributed by atoms with Crippen LogP contribution in [0.2, 0.25) is 0 Å². The average molecular weight is 408 g/mol. The molecule has 2 amide bonds. The van der Waals surface area contributed by atoms with Crippen LogP contribution in [-0.2, 0) is 24.7 Å². The molecule has 0 aliphatic carbocycles. The Labute approximate surface area is 170 Å². The first kappa shape index (κ1) is 19.2. The number of nitrogens with zero attached hydrogens (tertiary/aromatic N) is 3. The number of fused-ring (bicyclic) bond motifs is 1. The Morgan fingerprint density at radius 2 is 1.97 bits per heavy atom. The van der Waals surface area contributed by atoms with Crippen molar-refractivity contribution in [2.45, 2.75) is 12.5 Å². The fourth-order valence-corrected chi connectivity index (χ4v) is 3.89. The summed E-state index contributed by atoms with van der Waals surface area (Å²) in [4.78, 5) is 51.0. The van der Waals surface area contributed by atoms with Crippen molar-refractivity contribution in [2.24, 2.45) is 11.0 Å². The van der Waals surface area contributed by atoms with Crippen LogP contribution < -0.4 is 10.3 Å². The number of aryl methyl sites for hydroxylation is 1. The van der Waals surface area contributed by atoms with E-state index in [9.17, 15) is 24.5 Å². The van der Waals surface area contributed by atoms with E-state index in [0.29, 0.717) is 11.3 Å². The standard InChI is InChI=1S/C20H16N4O6/c1-11-6-3-4-9-14(11)23-17(25)15-16(18(26)30-2)21-22-20(15,19(23)27)12-7-5-8-13(10-12)24(28)29/h3-10,15,22H,1-2H3/t15-,20+/m0/s1. The van der Waals surface area contributed by atoms with Crippen LogP contribution in [-0.4, -0.2) is 35.5 Å². The Kier molecular flexibility index (Phi) is 4.34. The van der Waals surface area contributed by atoms with Gasteiger partial charge in [-0.15, -0.1) is 0 Å². The van der Waals surface area contributed by atoms with Crippen molar-refractivity contribution in [3.8, 4) is 0 Å². The molecular weight excluding hydrogens is 392 g/mol. The molecule has 0 spiro atoms. The molecule has 0 unspecified atom stereocenters. The molecule has 1 N–H and O–H groups in total. The van der Waals surface area contributed by atoms with Crippen LogP contribution >= 0.6 is 0 Å². The fourth-order valence-electron chi connectivity index (χ4n) is 3.89. The van der Waals surface area contributed by atoms with Gasteiger partial charge < -0.3 is 4.74 Å². The zero-order valence-electron chi connectivity index (χ0n) is 16.0. The third kappa shape index (κ3) is 2.50. The molecule has 4 rings (SSSR count). The largest absolute Gasteiger partial charge is 0.464 e. The Balaban J connectivity index is 1.93. The SMILES string of the molecule is COC(=O)C1=NN[C@@]2(c3cccc([N+](=O)[O-])c3)C(=O)N(c3ccccc3C)C(=O)[C@H]12. The third-order valence-corrected chi connectivity index (χ3v) is 5.33. The number of imide groups is 1. The predicted molar refractivity (Wildman–Crippen MR) is 105 cm³/mol. The molecule has 1 fully saturated rings. The Morgan fingerprint density at radius 1 is 1.23 bits per heavy atom. The second kappa shape index (κ2) is 6.76. The number of non-ortho nitro benzene ring substituents is 1. The number of benzene rings is 2. The molecule has 10 heteroatoms.